The van der Waals surface area contributed by atoms with E-state index in [1.165, 1.54) is 19.3 Å². The number of fused-ring (bicyclic) bond motifs is 3. The molecule has 0 unspecified atom stereocenters. The minimum absolute atomic E-state index is 0.0212. The topological polar surface area (TPSA) is 295 Å². The molecule has 0 bridgehead atoms. The SMILES string of the molecule is COc1ccccc1Cn1ccc2nc(N)nc(N[C@H](CCO)CCCCc3cn(CC4CCC4)c4c(N[C@H](CCO)CCCCc5cn(Cc6cccc(C)n6)c6c(NCc7cc(C)on7)nc(N)nc56)nc(N)nc34)c21. The predicted molar refractivity (Wildman–Crippen MR) is 305 cm³/mol. The van der Waals surface area contributed by atoms with Gasteiger partial charge in [-0.2, -0.15) is 15.0 Å². The number of hydrogen-bond acceptors (Lipinski definition) is 18. The summed E-state index contributed by atoms with van der Waals surface area (Å²) in [6.07, 6.45) is 17.7. The first-order chi connectivity index (χ1) is 38.0. The van der Waals surface area contributed by atoms with Crippen molar-refractivity contribution in [3.63, 3.8) is 0 Å². The Balaban J connectivity index is 0.824. The van der Waals surface area contributed by atoms with Gasteiger partial charge in [-0.25, -0.2) is 15.0 Å². The molecule has 2 atom stereocenters. The molecule has 410 valence electrons. The summed E-state index contributed by atoms with van der Waals surface area (Å²) in [6, 6.07) is 17.7. The van der Waals surface area contributed by atoms with Gasteiger partial charge in [-0.05, 0) is 119 Å². The summed E-state index contributed by atoms with van der Waals surface area (Å²) in [7, 11) is 1.68. The number of anilines is 6. The van der Waals surface area contributed by atoms with Crippen LogP contribution in [0, 0.1) is 19.8 Å². The van der Waals surface area contributed by atoms with E-state index in [1.807, 2.05) is 74.6 Å². The molecule has 1 saturated carbocycles. The van der Waals surface area contributed by atoms with Crippen LogP contribution < -0.4 is 37.9 Å². The fraction of sp³-hybridized carbons (Fsp3) is 0.439. The zero-order chi connectivity index (χ0) is 54.1. The Bertz CT molecular complexity index is 3470. The summed E-state index contributed by atoms with van der Waals surface area (Å²) < 4.78 is 17.5. The smallest absolute Gasteiger partial charge is 0.222 e. The third-order valence-corrected chi connectivity index (χ3v) is 15.0. The number of pyridine rings is 1. The Morgan fingerprint density at radius 1 is 0.654 bits per heavy atom. The van der Waals surface area contributed by atoms with Crippen LogP contribution in [0.15, 0.2) is 77.7 Å². The molecule has 21 heteroatoms. The summed E-state index contributed by atoms with van der Waals surface area (Å²) in [5, 5.41) is 35.6. The molecule has 1 aliphatic carbocycles. The van der Waals surface area contributed by atoms with E-state index in [9.17, 15) is 10.2 Å². The standard InChI is InChI=1S/C57H73N17O4/c1-35-12-10-20-43(62-35)34-74-33-40(47-50(74)52(68-56(59)66-47)61-29-44-28-36(2)78-71-44)17-5-8-19-42(24-27-76)64-54-51-48(67-57(60)70-54)39(32-73(51)30-37-13-11-14-37)16-4-7-18-41(23-26-75)63-53-49-45(65-55(58)69-53)22-25-72(49)31-38-15-6-9-21-46(38)77-3/h6,9-10,12,15,20-22,25,28,32-33,37,41-42,75-76H,4-5,7-8,11,13-14,16-19,23-24,26-27,29-31,34H2,1-3H3,(H3,58,63,65,69)(H3,59,61,66,68)(H3,60,64,67,70)/t41-,42-/m0/s1. The molecule has 0 spiro atoms. The lowest BCUT2D eigenvalue weighted by molar-refractivity contribution is 0.275. The number of aryl methyl sites for hydroxylation is 4. The number of para-hydroxylation sites is 1. The highest BCUT2D eigenvalue weighted by Crippen LogP contribution is 2.35. The molecule has 21 nitrogen and oxygen atoms in total. The quantitative estimate of drug-likeness (QED) is 0.0214. The molecule has 8 heterocycles. The fourth-order valence-electron chi connectivity index (χ4n) is 11.0. The number of methoxy groups -OCH3 is 1. The first kappa shape index (κ1) is 53.4. The largest absolute Gasteiger partial charge is 0.496 e. The number of ether oxygens (including phenoxy) is 1. The number of nitrogens with zero attached hydrogens (tertiary/aromatic N) is 11. The van der Waals surface area contributed by atoms with Crippen molar-refractivity contribution >= 4 is 68.4 Å². The van der Waals surface area contributed by atoms with E-state index < -0.39 is 0 Å². The molecule has 0 aliphatic heterocycles. The summed E-state index contributed by atoms with van der Waals surface area (Å²) in [5.74, 6) is 4.63. The van der Waals surface area contributed by atoms with E-state index in [4.69, 9.17) is 46.4 Å². The first-order valence-corrected chi connectivity index (χ1v) is 27.4. The monoisotopic (exact) mass is 1060 g/mol. The van der Waals surface area contributed by atoms with Crippen molar-refractivity contribution in [2.75, 3.05) is 53.5 Å². The van der Waals surface area contributed by atoms with Gasteiger partial charge in [0.25, 0.3) is 0 Å². The highest BCUT2D eigenvalue weighted by Gasteiger charge is 2.25. The Hall–Kier alpha value is -8.04. The lowest BCUT2D eigenvalue weighted by atomic mass is 9.85. The molecule has 10 rings (SSSR count). The second-order valence-corrected chi connectivity index (χ2v) is 20.8. The Morgan fingerprint density at radius 2 is 1.29 bits per heavy atom. The number of nitrogens with one attached hydrogen (secondary N) is 3. The molecule has 0 saturated heterocycles. The van der Waals surface area contributed by atoms with Crippen molar-refractivity contribution in [1.29, 1.82) is 0 Å². The molecule has 8 aromatic heterocycles. The lowest BCUT2D eigenvalue weighted by Crippen LogP contribution is -2.23. The lowest BCUT2D eigenvalue weighted by Gasteiger charge is -2.26. The Morgan fingerprint density at radius 3 is 1.92 bits per heavy atom. The number of aromatic nitrogens is 11. The number of aliphatic hydroxyl groups excluding tert-OH is 2. The van der Waals surface area contributed by atoms with Crippen LogP contribution in [-0.4, -0.2) is 96.4 Å². The van der Waals surface area contributed by atoms with E-state index in [-0.39, 0.29) is 43.1 Å². The van der Waals surface area contributed by atoms with E-state index in [2.05, 4.69) is 62.2 Å². The van der Waals surface area contributed by atoms with Gasteiger partial charge in [-0.3, -0.25) is 4.98 Å². The minimum atomic E-state index is -0.0721. The van der Waals surface area contributed by atoms with Crippen molar-refractivity contribution in [3.8, 4) is 5.75 Å². The first-order valence-electron chi connectivity index (χ1n) is 27.4. The molecular formula is C57H73N17O4. The molecule has 78 heavy (non-hydrogen) atoms. The number of benzene rings is 1. The fourth-order valence-corrected chi connectivity index (χ4v) is 11.0. The second kappa shape index (κ2) is 24.5. The maximum Gasteiger partial charge on any atom is 0.222 e. The predicted octanol–water partition coefficient (Wildman–Crippen LogP) is 8.34. The molecule has 9 aromatic rings. The zero-order valence-electron chi connectivity index (χ0n) is 45.0. The van der Waals surface area contributed by atoms with Gasteiger partial charge in [-0.1, -0.05) is 48.7 Å². The summed E-state index contributed by atoms with van der Waals surface area (Å²) >= 11 is 0. The van der Waals surface area contributed by atoms with Crippen LogP contribution in [0.2, 0.25) is 0 Å². The van der Waals surface area contributed by atoms with Crippen LogP contribution >= 0.6 is 0 Å². The summed E-state index contributed by atoms with van der Waals surface area (Å²) in [6.45, 7) is 6.27. The van der Waals surface area contributed by atoms with Gasteiger partial charge < -0.3 is 66.3 Å². The van der Waals surface area contributed by atoms with E-state index >= 15 is 0 Å². The Labute approximate surface area is 453 Å². The number of rotatable bonds is 28. The van der Waals surface area contributed by atoms with Gasteiger partial charge in [0.05, 0.1) is 49.0 Å². The molecule has 0 amide bonds. The third-order valence-electron chi connectivity index (χ3n) is 15.0. The molecule has 11 N–H and O–H groups in total. The van der Waals surface area contributed by atoms with Gasteiger partial charge in [0.2, 0.25) is 17.8 Å². The molecule has 0 radical (unpaired) electrons. The third kappa shape index (κ3) is 12.5. The van der Waals surface area contributed by atoms with Crippen molar-refractivity contribution in [1.82, 2.24) is 53.7 Å². The van der Waals surface area contributed by atoms with Crippen LogP contribution in [-0.2, 0) is 39.0 Å². The van der Waals surface area contributed by atoms with Crippen LogP contribution in [0.5, 0.6) is 5.75 Å². The normalized spacial score (nSPS) is 13.6. The van der Waals surface area contributed by atoms with Crippen molar-refractivity contribution in [2.45, 2.75) is 136 Å². The van der Waals surface area contributed by atoms with Gasteiger partial charge in [-0.15, -0.1) is 0 Å². The molecule has 1 fully saturated rings. The van der Waals surface area contributed by atoms with Crippen molar-refractivity contribution in [3.05, 3.63) is 113 Å². The summed E-state index contributed by atoms with van der Waals surface area (Å²) in [5.41, 5.74) is 30.0. The van der Waals surface area contributed by atoms with Crippen LogP contribution in [0.25, 0.3) is 33.1 Å². The number of nitrogen functional groups attached to an aromatic ring is 3. The van der Waals surface area contributed by atoms with Gasteiger partial charge in [0.1, 0.15) is 33.8 Å². The number of nitrogens with two attached hydrogens (primary N) is 3. The van der Waals surface area contributed by atoms with Gasteiger partial charge in [0, 0.05) is 67.8 Å². The van der Waals surface area contributed by atoms with E-state index in [0.29, 0.717) is 55.8 Å². The zero-order valence-corrected chi connectivity index (χ0v) is 45.0. The number of hydrogen-bond donors (Lipinski definition) is 8. The maximum absolute atomic E-state index is 10.4. The Kier molecular flexibility index (Phi) is 16.8. The minimum Gasteiger partial charge on any atom is -0.496 e. The maximum atomic E-state index is 10.4. The van der Waals surface area contributed by atoms with Gasteiger partial charge >= 0.3 is 0 Å². The van der Waals surface area contributed by atoms with Crippen molar-refractivity contribution in [2.24, 2.45) is 5.92 Å². The van der Waals surface area contributed by atoms with Crippen LogP contribution in [0.1, 0.15) is 110 Å². The highest BCUT2D eigenvalue weighted by atomic mass is 16.5. The second-order valence-electron chi connectivity index (χ2n) is 20.8. The van der Waals surface area contributed by atoms with Crippen LogP contribution in [0.4, 0.5) is 35.3 Å². The average Bonchev–Trinajstić information content (AvgIpc) is 4.36. The van der Waals surface area contributed by atoms with Crippen molar-refractivity contribution < 1.29 is 19.5 Å². The number of unbranched alkanes of at least 4 members (excludes halogenated alkanes) is 2. The summed E-state index contributed by atoms with van der Waals surface area (Å²) in [4.78, 5) is 33.2. The molecule has 1 aromatic carbocycles. The average molecular weight is 1060 g/mol. The van der Waals surface area contributed by atoms with Crippen LogP contribution in [0.3, 0.4) is 0 Å². The van der Waals surface area contributed by atoms with E-state index in [0.717, 1.165) is 136 Å². The molecule has 1 aliphatic rings. The van der Waals surface area contributed by atoms with E-state index in [1.54, 1.807) is 7.11 Å². The number of aliphatic hydroxyl groups is 2. The van der Waals surface area contributed by atoms with Gasteiger partial charge in [0.15, 0.2) is 17.5 Å². The molecular weight excluding hydrogens is 987 g/mol. The highest BCUT2D eigenvalue weighted by molar-refractivity contribution is 5.91.